The average Bonchev–Trinajstić information content (AvgIpc) is 2.66. The van der Waals surface area contributed by atoms with Crippen LogP contribution in [0.5, 0.6) is 0 Å². The number of rotatable bonds is 2. The Balaban J connectivity index is 1.77. The smallest absolute Gasteiger partial charge is 0.0824 e. The molecule has 1 fully saturated rings. The molecule has 0 bridgehead atoms. The van der Waals surface area contributed by atoms with Crippen molar-refractivity contribution in [1.29, 1.82) is 0 Å². The Labute approximate surface area is 142 Å². The molecule has 4 aromatic carbocycles. The zero-order valence-corrected chi connectivity index (χ0v) is 13.8. The number of hydrogen-bond donors (Lipinski definition) is 1. The van der Waals surface area contributed by atoms with Crippen molar-refractivity contribution in [1.82, 2.24) is 0 Å². The van der Waals surface area contributed by atoms with Gasteiger partial charge in [0.25, 0.3) is 0 Å². The molecule has 1 nitrogen and oxygen atoms in total. The fraction of sp³-hybridized carbons (Fsp3) is 0.304. The van der Waals surface area contributed by atoms with Crippen molar-refractivity contribution in [2.24, 2.45) is 5.92 Å². The van der Waals surface area contributed by atoms with Gasteiger partial charge in [-0.1, -0.05) is 73.9 Å². The van der Waals surface area contributed by atoms with Gasteiger partial charge in [0.15, 0.2) is 0 Å². The number of aliphatic hydroxyl groups excluding tert-OH is 1. The van der Waals surface area contributed by atoms with Crippen LogP contribution in [0.25, 0.3) is 32.3 Å². The molecule has 1 N–H and O–H groups in total. The molecule has 1 atom stereocenters. The maximum Gasteiger partial charge on any atom is 0.0824 e. The van der Waals surface area contributed by atoms with E-state index in [0.717, 1.165) is 18.4 Å². The number of aliphatic hydroxyl groups is 1. The first-order valence-electron chi connectivity index (χ1n) is 9.17. The zero-order chi connectivity index (χ0) is 16.1. The Hall–Kier alpha value is -2.12. The lowest BCUT2D eigenvalue weighted by molar-refractivity contribution is 0.0861. The van der Waals surface area contributed by atoms with Gasteiger partial charge >= 0.3 is 0 Å². The standard InChI is InChI=1S/C23H22O/c24-23(18-5-2-1-3-6-18)20-14-12-17-10-9-15-7-4-8-16-11-13-19(20)22(17)21(15)16/h4,7-14,18,23-24H,1-3,5-6H2. The molecule has 1 unspecified atom stereocenters. The molecule has 0 aliphatic heterocycles. The normalized spacial score (nSPS) is 17.9. The minimum absolute atomic E-state index is 0.338. The molecular weight excluding hydrogens is 292 g/mol. The Morgan fingerprint density at radius 2 is 1.33 bits per heavy atom. The van der Waals surface area contributed by atoms with Crippen LogP contribution in [0.3, 0.4) is 0 Å². The first-order chi connectivity index (χ1) is 11.8. The molecule has 0 aromatic heterocycles. The van der Waals surface area contributed by atoms with E-state index in [1.807, 2.05) is 0 Å². The monoisotopic (exact) mass is 314 g/mol. The van der Waals surface area contributed by atoms with Crippen molar-refractivity contribution in [2.75, 3.05) is 0 Å². The van der Waals surface area contributed by atoms with Gasteiger partial charge in [-0.2, -0.15) is 0 Å². The van der Waals surface area contributed by atoms with E-state index in [0.29, 0.717) is 5.92 Å². The van der Waals surface area contributed by atoms with Crippen LogP contribution >= 0.6 is 0 Å². The molecule has 5 rings (SSSR count). The Morgan fingerprint density at radius 1 is 0.708 bits per heavy atom. The fourth-order valence-electron chi connectivity index (χ4n) is 4.72. The predicted molar refractivity (Wildman–Crippen MR) is 102 cm³/mol. The van der Waals surface area contributed by atoms with Crippen LogP contribution in [0.15, 0.2) is 54.6 Å². The van der Waals surface area contributed by atoms with Crippen LogP contribution in [0.4, 0.5) is 0 Å². The van der Waals surface area contributed by atoms with Crippen LogP contribution in [0.1, 0.15) is 43.8 Å². The molecule has 0 heterocycles. The highest BCUT2D eigenvalue weighted by Crippen LogP contribution is 2.41. The maximum atomic E-state index is 11.1. The lowest BCUT2D eigenvalue weighted by Crippen LogP contribution is -2.16. The van der Waals surface area contributed by atoms with Gasteiger partial charge in [0.1, 0.15) is 0 Å². The van der Waals surface area contributed by atoms with Crippen molar-refractivity contribution in [3.05, 3.63) is 60.2 Å². The molecule has 1 heteroatoms. The molecule has 1 saturated carbocycles. The van der Waals surface area contributed by atoms with Crippen LogP contribution in [0.2, 0.25) is 0 Å². The maximum absolute atomic E-state index is 11.1. The van der Waals surface area contributed by atoms with E-state index in [1.165, 1.54) is 51.6 Å². The van der Waals surface area contributed by atoms with E-state index in [4.69, 9.17) is 0 Å². The van der Waals surface area contributed by atoms with Gasteiger partial charge < -0.3 is 5.11 Å². The first kappa shape index (κ1) is 14.2. The highest BCUT2D eigenvalue weighted by molar-refractivity contribution is 6.23. The van der Waals surface area contributed by atoms with Crippen LogP contribution in [-0.4, -0.2) is 5.11 Å². The summed E-state index contributed by atoms with van der Waals surface area (Å²) in [6.45, 7) is 0. The van der Waals surface area contributed by atoms with Gasteiger partial charge in [0, 0.05) is 0 Å². The minimum atomic E-state index is -0.338. The molecule has 120 valence electrons. The van der Waals surface area contributed by atoms with Gasteiger partial charge in [-0.05, 0) is 56.6 Å². The topological polar surface area (TPSA) is 20.2 Å². The van der Waals surface area contributed by atoms with Crippen molar-refractivity contribution >= 4 is 32.3 Å². The number of benzene rings is 4. The summed E-state index contributed by atoms with van der Waals surface area (Å²) in [6.07, 6.45) is 5.81. The van der Waals surface area contributed by atoms with Crippen molar-refractivity contribution < 1.29 is 5.11 Å². The molecule has 0 radical (unpaired) electrons. The van der Waals surface area contributed by atoms with Crippen molar-refractivity contribution in [2.45, 2.75) is 38.2 Å². The zero-order valence-electron chi connectivity index (χ0n) is 13.8. The third kappa shape index (κ3) is 2.04. The average molecular weight is 314 g/mol. The summed E-state index contributed by atoms with van der Waals surface area (Å²) in [4.78, 5) is 0. The summed E-state index contributed by atoms with van der Waals surface area (Å²) in [5.41, 5.74) is 1.12. The van der Waals surface area contributed by atoms with Gasteiger partial charge in [0.2, 0.25) is 0 Å². The Kier molecular flexibility index (Phi) is 3.24. The molecule has 24 heavy (non-hydrogen) atoms. The van der Waals surface area contributed by atoms with Gasteiger partial charge in [-0.3, -0.25) is 0 Å². The van der Waals surface area contributed by atoms with E-state index in [2.05, 4.69) is 54.6 Å². The highest BCUT2D eigenvalue weighted by atomic mass is 16.3. The molecule has 0 saturated heterocycles. The van der Waals surface area contributed by atoms with Crippen LogP contribution in [0, 0.1) is 5.92 Å². The Morgan fingerprint density at radius 3 is 2.08 bits per heavy atom. The third-order valence-corrected chi connectivity index (χ3v) is 5.98. The van der Waals surface area contributed by atoms with E-state index in [1.54, 1.807) is 0 Å². The summed E-state index contributed by atoms with van der Waals surface area (Å²) in [7, 11) is 0. The molecule has 0 amide bonds. The summed E-state index contributed by atoms with van der Waals surface area (Å²) >= 11 is 0. The van der Waals surface area contributed by atoms with Crippen molar-refractivity contribution in [3.63, 3.8) is 0 Å². The second kappa shape index (κ2) is 5.46. The summed E-state index contributed by atoms with van der Waals surface area (Å²) in [5, 5.41) is 18.8. The molecule has 1 aliphatic carbocycles. The summed E-state index contributed by atoms with van der Waals surface area (Å²) in [5.74, 6) is 0.414. The molecule has 1 aliphatic rings. The molecular formula is C23H22O. The Bertz CT molecular complexity index is 995. The molecule has 4 aromatic rings. The molecule has 0 spiro atoms. The minimum Gasteiger partial charge on any atom is -0.388 e. The van der Waals surface area contributed by atoms with E-state index in [9.17, 15) is 5.11 Å². The second-order valence-electron chi connectivity index (χ2n) is 7.35. The highest BCUT2D eigenvalue weighted by Gasteiger charge is 2.25. The predicted octanol–water partition coefficient (Wildman–Crippen LogP) is 6.20. The lowest BCUT2D eigenvalue weighted by atomic mass is 9.80. The van der Waals surface area contributed by atoms with Crippen LogP contribution < -0.4 is 0 Å². The fourth-order valence-corrected chi connectivity index (χ4v) is 4.72. The van der Waals surface area contributed by atoms with Crippen LogP contribution in [-0.2, 0) is 0 Å². The largest absolute Gasteiger partial charge is 0.388 e. The first-order valence-corrected chi connectivity index (χ1v) is 9.17. The summed E-state index contributed by atoms with van der Waals surface area (Å²) in [6, 6.07) is 19.7. The second-order valence-corrected chi connectivity index (χ2v) is 7.35. The van der Waals surface area contributed by atoms with E-state index in [-0.39, 0.29) is 6.10 Å². The quantitative estimate of drug-likeness (QED) is 0.437. The summed E-state index contributed by atoms with van der Waals surface area (Å²) < 4.78 is 0. The lowest BCUT2D eigenvalue weighted by Gasteiger charge is -2.28. The van der Waals surface area contributed by atoms with E-state index < -0.39 is 0 Å². The van der Waals surface area contributed by atoms with Gasteiger partial charge in [-0.25, -0.2) is 0 Å². The van der Waals surface area contributed by atoms with Crippen molar-refractivity contribution in [3.8, 4) is 0 Å². The SMILES string of the molecule is OC(c1ccc2ccc3cccc4ccc1c2c34)C1CCCCC1. The van der Waals surface area contributed by atoms with Gasteiger partial charge in [0.05, 0.1) is 6.10 Å². The number of hydrogen-bond acceptors (Lipinski definition) is 1. The third-order valence-electron chi connectivity index (χ3n) is 5.98. The van der Waals surface area contributed by atoms with Gasteiger partial charge in [-0.15, -0.1) is 0 Å². The van der Waals surface area contributed by atoms with E-state index >= 15 is 0 Å².